The molecule has 4 nitrogen and oxygen atoms in total. The molecule has 1 unspecified atom stereocenters. The molecule has 1 heterocycles. The quantitative estimate of drug-likeness (QED) is 0.797. The molecule has 2 rings (SSSR count). The molecular weight excluding hydrogens is 216 g/mol. The van der Waals surface area contributed by atoms with Crippen LogP contribution in [0.1, 0.15) is 33.1 Å². The smallest absolute Gasteiger partial charge is 0.223 e. The number of hydrogen-bond acceptors (Lipinski definition) is 3. The van der Waals surface area contributed by atoms with E-state index in [0.29, 0.717) is 30.4 Å². The van der Waals surface area contributed by atoms with Crippen molar-refractivity contribution in [3.63, 3.8) is 0 Å². The molecule has 2 fully saturated rings. The van der Waals surface area contributed by atoms with Crippen LogP contribution in [0.2, 0.25) is 0 Å². The van der Waals surface area contributed by atoms with Gasteiger partial charge in [-0.1, -0.05) is 0 Å². The van der Waals surface area contributed by atoms with Gasteiger partial charge in [-0.05, 0) is 32.6 Å². The Bertz CT molecular complexity index is 264. The number of carbonyl (C=O) groups excluding carboxylic acids is 1. The maximum Gasteiger partial charge on any atom is 0.223 e. The summed E-state index contributed by atoms with van der Waals surface area (Å²) in [4.78, 5) is 14.2. The van der Waals surface area contributed by atoms with E-state index in [2.05, 4.69) is 12.2 Å². The van der Waals surface area contributed by atoms with E-state index in [1.165, 1.54) is 0 Å². The van der Waals surface area contributed by atoms with Gasteiger partial charge in [0, 0.05) is 38.7 Å². The van der Waals surface area contributed by atoms with Crippen molar-refractivity contribution >= 4 is 5.91 Å². The van der Waals surface area contributed by atoms with Crippen molar-refractivity contribution < 1.29 is 9.53 Å². The van der Waals surface area contributed by atoms with Crippen molar-refractivity contribution in [2.24, 2.45) is 5.92 Å². The predicted octanol–water partition coefficient (Wildman–Crippen LogP) is 1.01. The Morgan fingerprint density at radius 3 is 2.88 bits per heavy atom. The summed E-state index contributed by atoms with van der Waals surface area (Å²) in [5.41, 5.74) is 0. The van der Waals surface area contributed by atoms with Crippen LogP contribution in [0.3, 0.4) is 0 Å². The molecule has 2 aliphatic rings. The second-order valence-corrected chi connectivity index (χ2v) is 5.26. The van der Waals surface area contributed by atoms with E-state index in [9.17, 15) is 4.79 Å². The lowest BCUT2D eigenvalue weighted by Crippen LogP contribution is -2.53. The van der Waals surface area contributed by atoms with Gasteiger partial charge in [0.05, 0.1) is 6.10 Å². The first-order valence-electron chi connectivity index (χ1n) is 6.82. The summed E-state index contributed by atoms with van der Waals surface area (Å²) >= 11 is 0. The minimum atomic E-state index is 0.332. The van der Waals surface area contributed by atoms with E-state index >= 15 is 0 Å². The van der Waals surface area contributed by atoms with Crippen LogP contribution >= 0.6 is 0 Å². The van der Waals surface area contributed by atoms with Gasteiger partial charge in [0.1, 0.15) is 0 Å². The molecule has 17 heavy (non-hydrogen) atoms. The van der Waals surface area contributed by atoms with Crippen molar-refractivity contribution in [1.82, 2.24) is 10.2 Å². The summed E-state index contributed by atoms with van der Waals surface area (Å²) in [5.74, 6) is 0.889. The summed E-state index contributed by atoms with van der Waals surface area (Å²) < 4.78 is 5.52. The normalized spacial score (nSPS) is 33.3. The van der Waals surface area contributed by atoms with Gasteiger partial charge in [0.15, 0.2) is 0 Å². The zero-order chi connectivity index (χ0) is 12.3. The van der Waals surface area contributed by atoms with Crippen LogP contribution in [0.5, 0.6) is 0 Å². The molecule has 0 radical (unpaired) electrons. The van der Waals surface area contributed by atoms with E-state index in [0.717, 1.165) is 39.1 Å². The number of ether oxygens (including phenoxy) is 1. The van der Waals surface area contributed by atoms with Crippen LogP contribution in [-0.2, 0) is 9.53 Å². The Morgan fingerprint density at radius 1 is 1.47 bits per heavy atom. The molecule has 1 saturated carbocycles. The average Bonchev–Trinajstić information content (AvgIpc) is 2.26. The first-order chi connectivity index (χ1) is 8.20. The molecule has 1 atom stereocenters. The third-order valence-corrected chi connectivity index (χ3v) is 3.88. The highest BCUT2D eigenvalue weighted by Crippen LogP contribution is 2.33. The van der Waals surface area contributed by atoms with Gasteiger partial charge in [-0.2, -0.15) is 0 Å². The van der Waals surface area contributed by atoms with Gasteiger partial charge in [0.25, 0.3) is 0 Å². The molecule has 1 amide bonds. The van der Waals surface area contributed by atoms with Gasteiger partial charge in [-0.25, -0.2) is 0 Å². The lowest BCUT2D eigenvalue weighted by Gasteiger charge is -2.38. The summed E-state index contributed by atoms with van der Waals surface area (Å²) in [6.07, 6.45) is 3.27. The number of rotatable bonds is 4. The molecule has 0 aromatic rings. The highest BCUT2D eigenvalue weighted by molar-refractivity contribution is 5.77. The van der Waals surface area contributed by atoms with E-state index in [1.807, 2.05) is 11.8 Å². The van der Waals surface area contributed by atoms with E-state index in [4.69, 9.17) is 4.74 Å². The van der Waals surface area contributed by atoms with Gasteiger partial charge >= 0.3 is 0 Å². The van der Waals surface area contributed by atoms with Crippen LogP contribution < -0.4 is 5.32 Å². The van der Waals surface area contributed by atoms with Gasteiger partial charge in [0.2, 0.25) is 5.91 Å². The highest BCUT2D eigenvalue weighted by Gasteiger charge is 2.33. The fraction of sp³-hybridized carbons (Fsp3) is 0.923. The van der Waals surface area contributed by atoms with E-state index in [1.54, 1.807) is 0 Å². The molecule has 1 saturated heterocycles. The van der Waals surface area contributed by atoms with Crippen LogP contribution in [-0.4, -0.2) is 49.2 Å². The molecule has 1 aliphatic heterocycles. The Kier molecular flexibility index (Phi) is 4.40. The Morgan fingerprint density at radius 2 is 2.24 bits per heavy atom. The van der Waals surface area contributed by atoms with E-state index in [-0.39, 0.29) is 0 Å². The maximum atomic E-state index is 12.1. The molecule has 0 aromatic carbocycles. The molecule has 0 bridgehead atoms. The first-order valence-corrected chi connectivity index (χ1v) is 6.82. The van der Waals surface area contributed by atoms with Crippen molar-refractivity contribution in [2.45, 2.75) is 45.3 Å². The Balaban J connectivity index is 1.71. The number of nitrogens with zero attached hydrogens (tertiary/aromatic N) is 1. The van der Waals surface area contributed by atoms with Crippen molar-refractivity contribution in [1.29, 1.82) is 0 Å². The lowest BCUT2D eigenvalue weighted by molar-refractivity contribution is -0.137. The lowest BCUT2D eigenvalue weighted by atomic mass is 9.79. The highest BCUT2D eigenvalue weighted by atomic mass is 16.5. The molecule has 1 N–H and O–H groups in total. The molecule has 0 aromatic heterocycles. The summed E-state index contributed by atoms with van der Waals surface area (Å²) in [6.45, 7) is 7.66. The predicted molar refractivity (Wildman–Crippen MR) is 66.8 cm³/mol. The number of amides is 1. The molecule has 0 spiro atoms. The Hall–Kier alpha value is -0.610. The second kappa shape index (κ2) is 5.83. The SMILES string of the molecule is CCOC1CC(CC(=O)N2CCNCC2C)C1. The fourth-order valence-corrected chi connectivity index (χ4v) is 2.79. The third kappa shape index (κ3) is 3.19. The maximum absolute atomic E-state index is 12.1. The fourth-order valence-electron chi connectivity index (χ4n) is 2.79. The summed E-state index contributed by atoms with van der Waals surface area (Å²) in [7, 11) is 0. The monoisotopic (exact) mass is 240 g/mol. The third-order valence-electron chi connectivity index (χ3n) is 3.88. The minimum absolute atomic E-state index is 0.332. The average molecular weight is 240 g/mol. The molecular formula is C13H24N2O2. The number of piperazine rings is 1. The number of nitrogens with one attached hydrogen (secondary N) is 1. The number of carbonyl (C=O) groups is 1. The summed E-state index contributed by atoms with van der Waals surface area (Å²) in [6, 6.07) is 0.346. The Labute approximate surface area is 104 Å². The zero-order valence-electron chi connectivity index (χ0n) is 10.9. The summed E-state index contributed by atoms with van der Waals surface area (Å²) in [5, 5.41) is 3.31. The minimum Gasteiger partial charge on any atom is -0.378 e. The first kappa shape index (κ1) is 12.8. The van der Waals surface area contributed by atoms with Crippen molar-refractivity contribution in [3.05, 3.63) is 0 Å². The van der Waals surface area contributed by atoms with Gasteiger partial charge < -0.3 is 15.0 Å². The van der Waals surface area contributed by atoms with Crippen LogP contribution in [0.15, 0.2) is 0 Å². The number of hydrogen-bond donors (Lipinski definition) is 1. The van der Waals surface area contributed by atoms with Crippen LogP contribution in [0, 0.1) is 5.92 Å². The van der Waals surface area contributed by atoms with Crippen molar-refractivity contribution in [3.8, 4) is 0 Å². The van der Waals surface area contributed by atoms with Gasteiger partial charge in [-0.3, -0.25) is 4.79 Å². The van der Waals surface area contributed by atoms with Crippen LogP contribution in [0.25, 0.3) is 0 Å². The molecule has 4 heteroatoms. The molecule has 1 aliphatic carbocycles. The molecule has 98 valence electrons. The topological polar surface area (TPSA) is 41.6 Å². The second-order valence-electron chi connectivity index (χ2n) is 5.26. The van der Waals surface area contributed by atoms with Crippen molar-refractivity contribution in [2.75, 3.05) is 26.2 Å². The largest absolute Gasteiger partial charge is 0.378 e. The standard InChI is InChI=1S/C13H24N2O2/c1-3-17-12-6-11(7-12)8-13(16)15-5-4-14-9-10(15)2/h10-12,14H,3-9H2,1-2H3. The van der Waals surface area contributed by atoms with Gasteiger partial charge in [-0.15, -0.1) is 0 Å². The van der Waals surface area contributed by atoms with Crippen LogP contribution in [0.4, 0.5) is 0 Å². The van der Waals surface area contributed by atoms with E-state index < -0.39 is 0 Å². The zero-order valence-corrected chi connectivity index (χ0v) is 10.9.